The Labute approximate surface area is 419 Å². The zero-order valence-corrected chi connectivity index (χ0v) is 43.2. The normalized spacial score (nSPS) is 30.9. The molecule has 0 aromatic rings. The van der Waals surface area contributed by atoms with Gasteiger partial charge in [-0.3, -0.25) is 24.0 Å². The Kier molecular flexibility index (Phi) is 23.0. The van der Waals surface area contributed by atoms with Crippen molar-refractivity contribution in [1.82, 2.24) is 31.9 Å². The van der Waals surface area contributed by atoms with Crippen LogP contribution in [0.25, 0.3) is 0 Å². The quantitative estimate of drug-likeness (QED) is 0.0136. The number of fused-ring (bicyclic) bond motifs is 1. The zero-order valence-electron chi connectivity index (χ0n) is 42.4. The molecule has 5 aliphatic rings. The van der Waals surface area contributed by atoms with E-state index in [2.05, 4.69) is 44.9 Å². The minimum Gasteiger partial charge on any atom is -0.459 e. The van der Waals surface area contributed by atoms with Gasteiger partial charge in [-0.15, -0.1) is 0 Å². The summed E-state index contributed by atoms with van der Waals surface area (Å²) in [4.78, 5) is 72.2. The van der Waals surface area contributed by atoms with Crippen molar-refractivity contribution in [3.05, 3.63) is 36.0 Å². The second-order valence-corrected chi connectivity index (χ2v) is 21.3. The first-order valence-electron chi connectivity index (χ1n) is 25.7. The van der Waals surface area contributed by atoms with Gasteiger partial charge in [0.05, 0.1) is 43.5 Å². The largest absolute Gasteiger partial charge is 0.459 e. The van der Waals surface area contributed by atoms with E-state index in [4.69, 9.17) is 23.7 Å². The van der Waals surface area contributed by atoms with Crippen LogP contribution in [0.3, 0.4) is 0 Å². The number of hydrogen-bond acceptors (Lipinski definition) is 13. The number of aliphatic hydroxyl groups is 1. The standard InChI is InChI=1S/C51H82N6O12S/c1-33(19-22-40-34(2)29-38(36(4)68-40)55-46(62)24-21-35(3)67-37(5)58)20-23-41-48(63)51(32-66-51)31-50(6,69-41)65-28-27-54-45(61)17-10-8-14-25-52-43(59)16-9-7-13-26-53-44(60)18-12-11-15-42-47-39(30-70-42)56-49(64)57-47/h19-21,23-24,34-36,38-42,47-48,63H,7-18,22,25-32H2,1-6H3,(H,52,59)(H,53,60)(H,54,61)(H,55,62)(H2,56,57,64)/b23-20+,24-21-,33-19+/t34-,35-,36+,38+,39-,40-,41+,42-,47-,48+,50-,51+/m0/s1. The van der Waals surface area contributed by atoms with Crippen molar-refractivity contribution < 1.29 is 57.6 Å². The molecule has 5 rings (SSSR count). The summed E-state index contributed by atoms with van der Waals surface area (Å²) in [6, 6.07) is 0.208. The number of amides is 6. The lowest BCUT2D eigenvalue weighted by atomic mass is 9.87. The summed E-state index contributed by atoms with van der Waals surface area (Å²) in [5, 5.41) is 29.4. The lowest BCUT2D eigenvalue weighted by molar-refractivity contribution is -0.294. The molecule has 70 heavy (non-hydrogen) atoms. The topological polar surface area (TPSA) is 244 Å². The molecule has 1 spiro atoms. The molecule has 0 saturated carbocycles. The van der Waals surface area contributed by atoms with Gasteiger partial charge in [-0.05, 0) is 91.1 Å². The lowest BCUT2D eigenvalue weighted by Gasteiger charge is -2.43. The molecule has 6 amide bonds. The van der Waals surface area contributed by atoms with Crippen molar-refractivity contribution in [2.24, 2.45) is 5.92 Å². The minimum absolute atomic E-state index is 0.0202. The SMILES string of the molecule is CC(=O)O[C@@H](C)/C=C\C(=O)N[C@@H]1C[C@H](C)[C@H](C/C=C(C)/C=C/[C@H]2O[C@](C)(OCCNC(=O)CCCCCNC(=O)CCCCCNC(=O)CCCC[C@@H]3SC[C@@H]4NC(=O)N[C@@H]43)C[C@@]3(CO3)[C@@H]2O)O[C@@H]1C. The predicted molar refractivity (Wildman–Crippen MR) is 266 cm³/mol. The van der Waals surface area contributed by atoms with E-state index in [-0.39, 0.29) is 72.5 Å². The Hall–Kier alpha value is -4.01. The Morgan fingerprint density at radius 1 is 0.900 bits per heavy atom. The summed E-state index contributed by atoms with van der Waals surface area (Å²) in [6.07, 6.45) is 17.2. The average molecular weight is 1000 g/mol. The Morgan fingerprint density at radius 2 is 1.54 bits per heavy atom. The highest BCUT2D eigenvalue weighted by molar-refractivity contribution is 8.00. The number of allylic oxidation sites excluding steroid dienone is 2. The molecular formula is C51H82N6O12S. The summed E-state index contributed by atoms with van der Waals surface area (Å²) in [5.74, 6) is -0.554. The van der Waals surface area contributed by atoms with Crippen LogP contribution >= 0.6 is 11.8 Å². The summed E-state index contributed by atoms with van der Waals surface area (Å²) < 4.78 is 29.6. The molecular weight excluding hydrogens is 921 g/mol. The second kappa shape index (κ2) is 28.3. The fourth-order valence-corrected chi connectivity index (χ4v) is 11.2. The molecule has 394 valence electrons. The highest BCUT2D eigenvalue weighted by atomic mass is 32.2. The van der Waals surface area contributed by atoms with Gasteiger partial charge < -0.3 is 60.7 Å². The van der Waals surface area contributed by atoms with E-state index in [1.165, 1.54) is 13.0 Å². The molecule has 5 aliphatic heterocycles. The average Bonchev–Trinajstić information content (AvgIpc) is 3.83. The van der Waals surface area contributed by atoms with E-state index in [1.807, 2.05) is 44.7 Å². The van der Waals surface area contributed by atoms with Gasteiger partial charge in [0.2, 0.25) is 23.6 Å². The molecule has 0 unspecified atom stereocenters. The van der Waals surface area contributed by atoms with Crippen LogP contribution in [0.2, 0.25) is 0 Å². The first-order valence-corrected chi connectivity index (χ1v) is 26.8. The molecule has 7 N–H and O–H groups in total. The number of rotatable bonds is 29. The number of epoxide rings is 1. The Balaban J connectivity index is 0.862. The molecule has 0 aromatic carbocycles. The number of urea groups is 1. The third kappa shape index (κ3) is 19.2. The van der Waals surface area contributed by atoms with Crippen LogP contribution in [0.1, 0.15) is 138 Å². The van der Waals surface area contributed by atoms with E-state index in [0.29, 0.717) is 70.0 Å². The van der Waals surface area contributed by atoms with Gasteiger partial charge in [-0.1, -0.05) is 50.0 Å². The van der Waals surface area contributed by atoms with Crippen LogP contribution in [-0.4, -0.2) is 145 Å². The first kappa shape index (κ1) is 56.9. The molecule has 12 atom stereocenters. The number of nitrogens with one attached hydrogen (secondary N) is 6. The zero-order chi connectivity index (χ0) is 50.7. The number of ether oxygens (including phenoxy) is 5. The maximum Gasteiger partial charge on any atom is 0.315 e. The van der Waals surface area contributed by atoms with Crippen LogP contribution in [0.15, 0.2) is 36.0 Å². The fourth-order valence-electron chi connectivity index (χ4n) is 9.65. The Morgan fingerprint density at radius 3 is 2.19 bits per heavy atom. The lowest BCUT2D eigenvalue weighted by Crippen LogP contribution is -2.56. The maximum atomic E-state index is 12.5. The highest BCUT2D eigenvalue weighted by Crippen LogP contribution is 2.47. The predicted octanol–water partition coefficient (Wildman–Crippen LogP) is 4.53. The molecule has 5 saturated heterocycles. The van der Waals surface area contributed by atoms with E-state index in [9.17, 15) is 33.9 Å². The summed E-state index contributed by atoms with van der Waals surface area (Å²) >= 11 is 1.89. The highest BCUT2D eigenvalue weighted by Gasteiger charge is 2.62. The molecule has 19 heteroatoms. The van der Waals surface area contributed by atoms with Crippen LogP contribution in [0.4, 0.5) is 4.79 Å². The smallest absolute Gasteiger partial charge is 0.315 e. The molecule has 5 fully saturated rings. The van der Waals surface area contributed by atoms with Crippen molar-refractivity contribution in [1.29, 1.82) is 0 Å². The first-order chi connectivity index (χ1) is 33.4. The van der Waals surface area contributed by atoms with Gasteiger partial charge in [-0.2, -0.15) is 11.8 Å². The number of aliphatic hydroxyl groups excluding tert-OH is 1. The van der Waals surface area contributed by atoms with E-state index in [0.717, 1.165) is 69.1 Å². The number of carbonyl (C=O) groups is 6. The summed E-state index contributed by atoms with van der Waals surface area (Å²) in [7, 11) is 0. The molecule has 0 aromatic heterocycles. The third-order valence-electron chi connectivity index (χ3n) is 13.7. The number of unbranched alkanes of at least 4 members (excludes halogenated alkanes) is 5. The van der Waals surface area contributed by atoms with E-state index < -0.39 is 35.7 Å². The van der Waals surface area contributed by atoms with Gasteiger partial charge in [0.15, 0.2) is 5.79 Å². The second-order valence-electron chi connectivity index (χ2n) is 20.0. The van der Waals surface area contributed by atoms with Crippen molar-refractivity contribution in [3.8, 4) is 0 Å². The summed E-state index contributed by atoms with van der Waals surface area (Å²) in [5.41, 5.74) is 0.232. The van der Waals surface area contributed by atoms with Gasteiger partial charge in [0, 0.05) is 69.3 Å². The van der Waals surface area contributed by atoms with E-state index in [1.54, 1.807) is 13.0 Å². The van der Waals surface area contributed by atoms with Gasteiger partial charge in [0.1, 0.15) is 23.9 Å². The van der Waals surface area contributed by atoms with Crippen LogP contribution < -0.4 is 31.9 Å². The molecule has 0 bridgehead atoms. The number of esters is 1. The molecule has 18 nitrogen and oxygen atoms in total. The Bertz CT molecular complexity index is 1850. The summed E-state index contributed by atoms with van der Waals surface area (Å²) in [6.45, 7) is 13.0. The van der Waals surface area contributed by atoms with Crippen molar-refractivity contribution in [2.75, 3.05) is 38.6 Å². The third-order valence-corrected chi connectivity index (χ3v) is 15.2. The fraction of sp³-hybridized carbons (Fsp3) is 0.765. The van der Waals surface area contributed by atoms with Crippen LogP contribution in [0.5, 0.6) is 0 Å². The maximum absolute atomic E-state index is 12.5. The van der Waals surface area contributed by atoms with Crippen molar-refractivity contribution in [2.45, 2.75) is 203 Å². The number of carbonyl (C=O) groups excluding carboxylic acids is 6. The molecule has 0 aliphatic carbocycles. The van der Waals surface area contributed by atoms with Crippen LogP contribution in [-0.2, 0) is 47.7 Å². The van der Waals surface area contributed by atoms with Crippen LogP contribution in [0, 0.1) is 5.92 Å². The number of hydrogen-bond donors (Lipinski definition) is 7. The van der Waals surface area contributed by atoms with Gasteiger partial charge in [0.25, 0.3) is 0 Å². The van der Waals surface area contributed by atoms with E-state index >= 15 is 0 Å². The molecule has 0 radical (unpaired) electrons. The minimum atomic E-state index is -1.03. The van der Waals surface area contributed by atoms with Crippen molar-refractivity contribution >= 4 is 47.4 Å². The van der Waals surface area contributed by atoms with Gasteiger partial charge >= 0.3 is 12.0 Å². The monoisotopic (exact) mass is 1000 g/mol. The number of thioether (sulfide) groups is 1. The van der Waals surface area contributed by atoms with Crippen molar-refractivity contribution in [3.63, 3.8) is 0 Å². The van der Waals surface area contributed by atoms with Gasteiger partial charge in [-0.25, -0.2) is 4.79 Å². The molecule has 5 heterocycles.